The molecular formula is C10H11BrN2O2. The molecule has 1 unspecified atom stereocenters. The van der Waals surface area contributed by atoms with Gasteiger partial charge >= 0.3 is 0 Å². The molecule has 0 aliphatic carbocycles. The lowest BCUT2D eigenvalue weighted by atomic mass is 10.3. The number of amides is 1. The second-order valence-electron chi connectivity index (χ2n) is 3.49. The van der Waals surface area contributed by atoms with E-state index in [1.165, 1.54) is 0 Å². The Hall–Kier alpha value is -1.10. The van der Waals surface area contributed by atoms with Crippen LogP contribution in [-0.4, -0.2) is 35.5 Å². The molecule has 0 spiro atoms. The van der Waals surface area contributed by atoms with E-state index in [9.17, 15) is 4.79 Å². The monoisotopic (exact) mass is 270 g/mol. The minimum Gasteiger partial charge on any atom is -0.479 e. The van der Waals surface area contributed by atoms with Gasteiger partial charge in [0.25, 0.3) is 5.91 Å². The molecule has 1 atom stereocenters. The van der Waals surface area contributed by atoms with Gasteiger partial charge < -0.3 is 9.64 Å². The number of likely N-dealkylation sites (tertiary alicyclic amines) is 1. The number of hydrogen-bond donors (Lipinski definition) is 0. The third-order valence-corrected chi connectivity index (χ3v) is 2.77. The van der Waals surface area contributed by atoms with Crippen molar-refractivity contribution in [2.24, 2.45) is 0 Å². The molecule has 4 nitrogen and oxygen atoms in total. The molecule has 2 heterocycles. The molecule has 0 saturated carbocycles. The Bertz CT molecular complexity index is 383. The van der Waals surface area contributed by atoms with Gasteiger partial charge in [-0.25, -0.2) is 0 Å². The van der Waals surface area contributed by atoms with E-state index in [1.807, 2.05) is 0 Å². The lowest BCUT2D eigenvalue weighted by molar-refractivity contribution is -0.132. The molecule has 1 aromatic rings. The predicted octanol–water partition coefficient (Wildman–Crippen LogP) is 1.45. The number of carbonyl (C=O) groups excluding carboxylic acids is 1. The second kappa shape index (κ2) is 4.18. The summed E-state index contributed by atoms with van der Waals surface area (Å²) in [6.07, 6.45) is 3.67. The summed E-state index contributed by atoms with van der Waals surface area (Å²) in [5, 5.41) is 0. The van der Waals surface area contributed by atoms with Crippen LogP contribution < -0.4 is 4.74 Å². The predicted molar refractivity (Wildman–Crippen MR) is 58.6 cm³/mol. The molecule has 1 aromatic heterocycles. The standard InChI is InChI=1S/C10H11BrN2O2/c1-13-3-2-9(10(13)14)15-8-4-7(11)5-12-6-8/h4-6,9H,2-3H2,1H3. The molecule has 0 bridgehead atoms. The molecule has 5 heteroatoms. The SMILES string of the molecule is CN1CCC(Oc2cncc(Br)c2)C1=O. The van der Waals surface area contributed by atoms with Crippen LogP contribution in [0.15, 0.2) is 22.9 Å². The van der Waals surface area contributed by atoms with Crippen molar-refractivity contribution in [2.45, 2.75) is 12.5 Å². The van der Waals surface area contributed by atoms with E-state index in [4.69, 9.17) is 4.74 Å². The van der Waals surface area contributed by atoms with Gasteiger partial charge in [-0.05, 0) is 22.0 Å². The first-order valence-electron chi connectivity index (χ1n) is 4.69. The van der Waals surface area contributed by atoms with Crippen molar-refractivity contribution in [3.63, 3.8) is 0 Å². The van der Waals surface area contributed by atoms with E-state index in [1.54, 1.807) is 30.4 Å². The number of aromatic nitrogens is 1. The maximum absolute atomic E-state index is 11.6. The van der Waals surface area contributed by atoms with Crippen molar-refractivity contribution in [3.8, 4) is 5.75 Å². The molecule has 1 amide bonds. The van der Waals surface area contributed by atoms with E-state index in [-0.39, 0.29) is 12.0 Å². The molecule has 15 heavy (non-hydrogen) atoms. The van der Waals surface area contributed by atoms with E-state index in [0.717, 1.165) is 17.4 Å². The average Bonchev–Trinajstić information content (AvgIpc) is 2.50. The normalized spacial score (nSPS) is 20.8. The van der Waals surface area contributed by atoms with Crippen molar-refractivity contribution in [1.29, 1.82) is 0 Å². The number of carbonyl (C=O) groups is 1. The average molecular weight is 271 g/mol. The summed E-state index contributed by atoms with van der Waals surface area (Å²) in [6.45, 7) is 0.755. The quantitative estimate of drug-likeness (QED) is 0.817. The summed E-state index contributed by atoms with van der Waals surface area (Å²) in [5.74, 6) is 0.660. The van der Waals surface area contributed by atoms with Crippen LogP contribution in [0.4, 0.5) is 0 Å². The first-order valence-corrected chi connectivity index (χ1v) is 5.48. The van der Waals surface area contributed by atoms with Crippen LogP contribution in [0.1, 0.15) is 6.42 Å². The zero-order valence-electron chi connectivity index (χ0n) is 8.31. The van der Waals surface area contributed by atoms with Crippen LogP contribution in [0.5, 0.6) is 5.75 Å². The van der Waals surface area contributed by atoms with Gasteiger partial charge in [-0.15, -0.1) is 0 Å². The van der Waals surface area contributed by atoms with Gasteiger partial charge in [0.05, 0.1) is 6.20 Å². The Morgan fingerprint density at radius 3 is 3.00 bits per heavy atom. The molecule has 1 saturated heterocycles. The Labute approximate surface area is 96.4 Å². The number of hydrogen-bond acceptors (Lipinski definition) is 3. The maximum atomic E-state index is 11.6. The maximum Gasteiger partial charge on any atom is 0.263 e. The van der Waals surface area contributed by atoms with Gasteiger partial charge in [0, 0.05) is 30.7 Å². The van der Waals surface area contributed by atoms with Crippen LogP contribution >= 0.6 is 15.9 Å². The summed E-state index contributed by atoms with van der Waals surface area (Å²) in [6, 6.07) is 1.80. The molecule has 0 aromatic carbocycles. The molecule has 80 valence electrons. The molecule has 0 N–H and O–H groups in total. The fourth-order valence-corrected chi connectivity index (χ4v) is 1.86. The fourth-order valence-electron chi connectivity index (χ4n) is 1.52. The molecule has 2 rings (SSSR count). The van der Waals surface area contributed by atoms with Gasteiger partial charge in [0.1, 0.15) is 5.75 Å². The van der Waals surface area contributed by atoms with Crippen LogP contribution in [-0.2, 0) is 4.79 Å². The van der Waals surface area contributed by atoms with E-state index in [0.29, 0.717) is 5.75 Å². The summed E-state index contributed by atoms with van der Waals surface area (Å²) < 4.78 is 6.40. The summed E-state index contributed by atoms with van der Waals surface area (Å²) >= 11 is 3.30. The molecule has 1 aliphatic rings. The first kappa shape index (κ1) is 10.4. The third kappa shape index (κ3) is 2.28. The highest BCUT2D eigenvalue weighted by molar-refractivity contribution is 9.10. The highest BCUT2D eigenvalue weighted by atomic mass is 79.9. The first-order chi connectivity index (χ1) is 7.16. The Morgan fingerprint density at radius 1 is 1.60 bits per heavy atom. The number of likely N-dealkylation sites (N-methyl/N-ethyl adjacent to an activating group) is 1. The Morgan fingerprint density at radius 2 is 2.40 bits per heavy atom. The highest BCUT2D eigenvalue weighted by Gasteiger charge is 2.30. The topological polar surface area (TPSA) is 42.4 Å². The minimum atomic E-state index is -0.355. The van der Waals surface area contributed by atoms with Crippen LogP contribution in [0.2, 0.25) is 0 Å². The van der Waals surface area contributed by atoms with Crippen molar-refractivity contribution in [1.82, 2.24) is 9.88 Å². The number of pyridine rings is 1. The number of halogens is 1. The summed E-state index contributed by atoms with van der Waals surface area (Å²) in [7, 11) is 1.78. The van der Waals surface area contributed by atoms with Crippen molar-refractivity contribution >= 4 is 21.8 Å². The zero-order valence-corrected chi connectivity index (χ0v) is 9.90. The largest absolute Gasteiger partial charge is 0.479 e. The van der Waals surface area contributed by atoms with Crippen molar-refractivity contribution in [3.05, 3.63) is 22.9 Å². The molecule has 1 aliphatic heterocycles. The Balaban J connectivity index is 2.06. The van der Waals surface area contributed by atoms with Crippen molar-refractivity contribution < 1.29 is 9.53 Å². The summed E-state index contributed by atoms with van der Waals surface area (Å²) in [5.41, 5.74) is 0. The van der Waals surface area contributed by atoms with E-state index >= 15 is 0 Å². The fraction of sp³-hybridized carbons (Fsp3) is 0.400. The van der Waals surface area contributed by atoms with Crippen molar-refractivity contribution in [2.75, 3.05) is 13.6 Å². The smallest absolute Gasteiger partial charge is 0.263 e. The highest BCUT2D eigenvalue weighted by Crippen LogP contribution is 2.20. The van der Waals surface area contributed by atoms with Gasteiger partial charge in [-0.1, -0.05) is 0 Å². The Kier molecular flexibility index (Phi) is 2.90. The van der Waals surface area contributed by atoms with Gasteiger partial charge in [-0.2, -0.15) is 0 Å². The van der Waals surface area contributed by atoms with Crippen LogP contribution in [0.25, 0.3) is 0 Å². The summed E-state index contributed by atoms with van der Waals surface area (Å²) in [4.78, 5) is 17.2. The minimum absolute atomic E-state index is 0.0370. The zero-order chi connectivity index (χ0) is 10.8. The van der Waals surface area contributed by atoms with Gasteiger partial charge in [0.15, 0.2) is 6.10 Å². The van der Waals surface area contributed by atoms with Crippen LogP contribution in [0.3, 0.4) is 0 Å². The van der Waals surface area contributed by atoms with E-state index in [2.05, 4.69) is 20.9 Å². The lowest BCUT2D eigenvalue weighted by Crippen LogP contribution is -2.29. The molecule has 0 radical (unpaired) electrons. The third-order valence-electron chi connectivity index (χ3n) is 2.34. The van der Waals surface area contributed by atoms with Gasteiger partial charge in [-0.3, -0.25) is 9.78 Å². The number of ether oxygens (including phenoxy) is 1. The number of nitrogens with zero attached hydrogens (tertiary/aromatic N) is 2. The lowest BCUT2D eigenvalue weighted by Gasteiger charge is -2.12. The molecular weight excluding hydrogens is 260 g/mol. The second-order valence-corrected chi connectivity index (χ2v) is 4.41. The molecule has 1 fully saturated rings. The van der Waals surface area contributed by atoms with E-state index < -0.39 is 0 Å². The van der Waals surface area contributed by atoms with Crippen LogP contribution in [0, 0.1) is 0 Å². The van der Waals surface area contributed by atoms with Gasteiger partial charge in [0.2, 0.25) is 0 Å². The number of rotatable bonds is 2.